The molecule has 0 amide bonds. The second-order valence-electron chi connectivity index (χ2n) is 7.38. The smallest absolute Gasteiger partial charge is 0.0346 e. The molecule has 0 nitrogen and oxygen atoms in total. The van der Waals surface area contributed by atoms with E-state index in [1.165, 1.54) is 49.4 Å². The molecule has 0 unspecified atom stereocenters. The Morgan fingerprint density at radius 2 is 1.15 bits per heavy atom. The second-order valence-corrected chi connectivity index (χ2v) is 7.38. The molecule has 0 saturated heterocycles. The summed E-state index contributed by atoms with van der Waals surface area (Å²) in [6.07, 6.45) is 0. The van der Waals surface area contributed by atoms with Gasteiger partial charge in [-0.15, -0.1) is 0 Å². The van der Waals surface area contributed by atoms with Crippen LogP contribution in [-0.2, 0) is 0 Å². The van der Waals surface area contributed by atoms with E-state index in [0.29, 0.717) is 5.92 Å². The summed E-state index contributed by atoms with van der Waals surface area (Å²) in [6, 6.07) is 37.6. The first kappa shape index (κ1) is 14.8. The van der Waals surface area contributed by atoms with Crippen LogP contribution in [0.4, 0.5) is 0 Å². The van der Waals surface area contributed by atoms with Gasteiger partial charge in [-0.3, -0.25) is 0 Å². The van der Waals surface area contributed by atoms with Gasteiger partial charge in [-0.1, -0.05) is 97.1 Å². The topological polar surface area (TPSA) is 0 Å². The maximum Gasteiger partial charge on any atom is 0.0346 e. The zero-order chi connectivity index (χ0) is 17.8. The molecule has 126 valence electrons. The second kappa shape index (κ2) is 5.56. The van der Waals surface area contributed by atoms with Crippen molar-refractivity contribution in [3.05, 3.63) is 120 Å². The minimum Gasteiger partial charge on any atom is -0.0619 e. The minimum absolute atomic E-state index is 0.478. The van der Waals surface area contributed by atoms with Gasteiger partial charge < -0.3 is 0 Å². The lowest BCUT2D eigenvalue weighted by Gasteiger charge is -2.12. The number of fused-ring (bicyclic) bond motifs is 4. The third-order valence-electron chi connectivity index (χ3n) is 5.83. The molecule has 0 N–H and O–H groups in total. The van der Waals surface area contributed by atoms with E-state index in [1.54, 1.807) is 0 Å². The summed E-state index contributed by atoms with van der Waals surface area (Å²) in [6.45, 7) is 0. The molecule has 0 atom stereocenters. The first-order valence-corrected chi connectivity index (χ1v) is 9.50. The molecular weight excluding hydrogens is 324 g/mol. The Hall–Kier alpha value is -3.38. The fourth-order valence-corrected chi connectivity index (χ4v) is 4.50. The van der Waals surface area contributed by atoms with Crippen molar-refractivity contribution < 1.29 is 0 Å². The van der Waals surface area contributed by atoms with Gasteiger partial charge in [0.2, 0.25) is 0 Å². The van der Waals surface area contributed by atoms with Crippen molar-refractivity contribution in [1.29, 1.82) is 0 Å². The van der Waals surface area contributed by atoms with Crippen LogP contribution in [0.25, 0.3) is 32.7 Å². The molecule has 0 aliphatic heterocycles. The van der Waals surface area contributed by atoms with E-state index >= 15 is 0 Å². The van der Waals surface area contributed by atoms with E-state index in [2.05, 4.69) is 103 Å². The van der Waals surface area contributed by atoms with Crippen LogP contribution in [-0.4, -0.2) is 0 Å². The Morgan fingerprint density at radius 3 is 1.96 bits per heavy atom. The van der Waals surface area contributed by atoms with Gasteiger partial charge in [-0.25, -0.2) is 0 Å². The summed E-state index contributed by atoms with van der Waals surface area (Å²) >= 11 is 0. The fourth-order valence-electron chi connectivity index (χ4n) is 4.50. The molecule has 1 aliphatic carbocycles. The molecule has 0 spiro atoms. The first-order chi connectivity index (χ1) is 13.4. The number of benzene rings is 5. The van der Waals surface area contributed by atoms with Crippen molar-refractivity contribution in [2.75, 3.05) is 0 Å². The van der Waals surface area contributed by atoms with Gasteiger partial charge in [-0.2, -0.15) is 0 Å². The van der Waals surface area contributed by atoms with Gasteiger partial charge in [0.1, 0.15) is 0 Å². The Balaban J connectivity index is 1.57. The molecule has 0 aromatic heterocycles. The lowest BCUT2D eigenvalue weighted by molar-refractivity contribution is 1.21. The van der Waals surface area contributed by atoms with E-state index < -0.39 is 0 Å². The molecule has 27 heavy (non-hydrogen) atoms. The Labute approximate surface area is 158 Å². The van der Waals surface area contributed by atoms with E-state index in [4.69, 9.17) is 0 Å². The van der Waals surface area contributed by atoms with Gasteiger partial charge in [-0.05, 0) is 55.4 Å². The standard InChI is InChI=1S/C27H18/c1-2-11-21-19(8-1)17-26(23-13-4-3-12-22(21)23)18-9-7-10-20(16-18)27-24-14-5-6-15-25(24)27/h1-17,27H. The van der Waals surface area contributed by atoms with E-state index in [-0.39, 0.29) is 0 Å². The normalized spacial score (nSPS) is 13.0. The number of rotatable bonds is 2. The maximum absolute atomic E-state index is 2.38. The highest BCUT2D eigenvalue weighted by Crippen LogP contribution is 2.48. The summed E-state index contributed by atoms with van der Waals surface area (Å²) in [5.41, 5.74) is 6.95. The van der Waals surface area contributed by atoms with Gasteiger partial charge in [0.15, 0.2) is 0 Å². The first-order valence-electron chi connectivity index (χ1n) is 9.50. The SMILES string of the molecule is c1cc(-c2cc3ccccc3c3ccccc23)cc(C2c3ccccc32)c1. The third-order valence-corrected chi connectivity index (χ3v) is 5.83. The molecule has 0 heterocycles. The maximum atomic E-state index is 2.38. The van der Waals surface area contributed by atoms with Gasteiger partial charge in [0.25, 0.3) is 0 Å². The van der Waals surface area contributed by atoms with Crippen molar-refractivity contribution in [1.82, 2.24) is 0 Å². The van der Waals surface area contributed by atoms with Gasteiger partial charge >= 0.3 is 0 Å². The van der Waals surface area contributed by atoms with Crippen molar-refractivity contribution in [2.24, 2.45) is 0 Å². The molecule has 0 fully saturated rings. The van der Waals surface area contributed by atoms with Crippen LogP contribution in [0.5, 0.6) is 0 Å². The summed E-state index contributed by atoms with van der Waals surface area (Å²) < 4.78 is 0. The lowest BCUT2D eigenvalue weighted by atomic mass is 9.92. The molecular formula is C27H18. The highest BCUT2D eigenvalue weighted by molar-refractivity contribution is 6.13. The molecule has 0 heteroatoms. The molecule has 0 radical (unpaired) electrons. The summed E-state index contributed by atoms with van der Waals surface area (Å²) in [5.74, 6) is 0.478. The highest BCUT2D eigenvalue weighted by atomic mass is 14.4. The monoisotopic (exact) mass is 342 g/mol. The lowest BCUT2D eigenvalue weighted by Crippen LogP contribution is -1.87. The van der Waals surface area contributed by atoms with Crippen LogP contribution in [0, 0.1) is 0 Å². The summed E-state index contributed by atoms with van der Waals surface area (Å²) in [7, 11) is 0. The van der Waals surface area contributed by atoms with Crippen LogP contribution in [0.1, 0.15) is 22.6 Å². The quantitative estimate of drug-likeness (QED) is 0.293. The molecule has 5 aromatic carbocycles. The molecule has 6 rings (SSSR count). The molecule has 5 aromatic rings. The van der Waals surface area contributed by atoms with E-state index in [0.717, 1.165) is 0 Å². The number of hydrogen-bond donors (Lipinski definition) is 0. The summed E-state index contributed by atoms with van der Waals surface area (Å²) in [4.78, 5) is 0. The van der Waals surface area contributed by atoms with Gasteiger partial charge in [0.05, 0.1) is 0 Å². The third kappa shape index (κ3) is 2.23. The highest BCUT2D eigenvalue weighted by Gasteiger charge is 2.33. The van der Waals surface area contributed by atoms with Crippen LogP contribution in [0.15, 0.2) is 103 Å². The molecule has 0 saturated carbocycles. The Morgan fingerprint density at radius 1 is 0.481 bits per heavy atom. The van der Waals surface area contributed by atoms with Crippen LogP contribution in [0.2, 0.25) is 0 Å². The van der Waals surface area contributed by atoms with Crippen molar-refractivity contribution in [2.45, 2.75) is 5.92 Å². The molecule has 1 aliphatic rings. The van der Waals surface area contributed by atoms with Crippen LogP contribution in [0.3, 0.4) is 0 Å². The minimum atomic E-state index is 0.478. The Kier molecular flexibility index (Phi) is 3.04. The largest absolute Gasteiger partial charge is 0.0619 e. The average Bonchev–Trinajstić information content (AvgIpc) is 3.48. The zero-order valence-electron chi connectivity index (χ0n) is 14.9. The van der Waals surface area contributed by atoms with Crippen LogP contribution < -0.4 is 0 Å². The molecule has 0 bridgehead atoms. The van der Waals surface area contributed by atoms with Crippen molar-refractivity contribution in [3.63, 3.8) is 0 Å². The van der Waals surface area contributed by atoms with Gasteiger partial charge in [0, 0.05) is 5.92 Å². The fraction of sp³-hybridized carbons (Fsp3) is 0.0370. The number of hydrogen-bond acceptors (Lipinski definition) is 0. The van der Waals surface area contributed by atoms with Crippen LogP contribution >= 0.6 is 0 Å². The van der Waals surface area contributed by atoms with Crippen molar-refractivity contribution >= 4 is 21.5 Å². The predicted molar refractivity (Wildman–Crippen MR) is 114 cm³/mol. The summed E-state index contributed by atoms with van der Waals surface area (Å²) in [5, 5.41) is 5.27. The van der Waals surface area contributed by atoms with E-state index in [9.17, 15) is 0 Å². The Bertz CT molecular complexity index is 1300. The zero-order valence-corrected chi connectivity index (χ0v) is 14.9. The predicted octanol–water partition coefficient (Wildman–Crippen LogP) is 7.15. The van der Waals surface area contributed by atoms with Crippen molar-refractivity contribution in [3.8, 4) is 11.1 Å². The average molecular weight is 342 g/mol. The van der Waals surface area contributed by atoms with E-state index in [1.807, 2.05) is 0 Å².